The molecule has 1 aromatic heterocycles. The monoisotopic (exact) mass is 504 g/mol. The van der Waals surface area contributed by atoms with E-state index in [0.717, 1.165) is 36.5 Å². The highest BCUT2D eigenvalue weighted by Crippen LogP contribution is 2.37. The molecule has 0 unspecified atom stereocenters. The van der Waals surface area contributed by atoms with Gasteiger partial charge in [0.2, 0.25) is 0 Å². The number of rotatable bonds is 6. The second-order valence-electron chi connectivity index (χ2n) is 7.82. The molecule has 1 atom stereocenters. The van der Waals surface area contributed by atoms with Gasteiger partial charge in [0.25, 0.3) is 11.9 Å². The smallest absolute Gasteiger partial charge is 0.390 e. The van der Waals surface area contributed by atoms with Crippen molar-refractivity contribution in [3.63, 3.8) is 0 Å². The normalized spacial score (nSPS) is 15.9. The van der Waals surface area contributed by atoms with E-state index in [-0.39, 0.29) is 30.3 Å². The van der Waals surface area contributed by atoms with Crippen molar-refractivity contribution >= 4 is 24.0 Å². The van der Waals surface area contributed by atoms with Crippen molar-refractivity contribution in [2.24, 2.45) is 21.6 Å². The van der Waals surface area contributed by atoms with Crippen LogP contribution in [0.15, 0.2) is 40.6 Å². The third-order valence-corrected chi connectivity index (χ3v) is 5.12. The number of aromatic nitrogens is 2. The average Bonchev–Trinajstić information content (AvgIpc) is 3.60. The van der Waals surface area contributed by atoms with Gasteiger partial charge in [-0.25, -0.2) is 19.4 Å². The summed E-state index contributed by atoms with van der Waals surface area (Å²) in [5.41, 5.74) is 1.34. The third kappa shape index (κ3) is 6.73. The molecule has 1 aliphatic rings. The number of nitrogens with zero attached hydrogens (tertiary/aromatic N) is 5. The lowest BCUT2D eigenvalue weighted by molar-refractivity contribution is -0.143. The van der Waals surface area contributed by atoms with E-state index in [2.05, 4.69) is 20.0 Å². The maximum Gasteiger partial charge on any atom is 0.416 e. The lowest BCUT2D eigenvalue weighted by Crippen LogP contribution is -2.44. The first-order valence-electron chi connectivity index (χ1n) is 10.2. The minimum absolute atomic E-state index is 0.000498. The number of carbonyl (C=O) groups is 1. The van der Waals surface area contributed by atoms with Crippen LogP contribution < -0.4 is 5.73 Å². The summed E-state index contributed by atoms with van der Waals surface area (Å²) >= 11 is 0. The molecule has 1 amide bonds. The number of aliphatic imine (C=N–C) groups is 2. The van der Waals surface area contributed by atoms with E-state index < -0.39 is 46.8 Å². The number of hydrogen-bond acceptors (Lipinski definition) is 4. The van der Waals surface area contributed by atoms with Gasteiger partial charge < -0.3 is 10.6 Å². The molecule has 14 heteroatoms. The fourth-order valence-corrected chi connectivity index (χ4v) is 3.15. The Kier molecular flexibility index (Phi) is 7.41. The molecular formula is C21H19F7N6O. The molecule has 0 bridgehead atoms. The SMILES string of the molecule is C[C@@H](C(N=CN)=Nc1ncc(F)cn1)N(CC1CC1)C(=O)c1cc(C(F)(F)F)cc(C(F)(F)F)c1. The zero-order valence-corrected chi connectivity index (χ0v) is 18.1. The van der Waals surface area contributed by atoms with Crippen molar-refractivity contribution in [3.05, 3.63) is 53.1 Å². The molecule has 1 fully saturated rings. The molecule has 188 valence electrons. The fourth-order valence-electron chi connectivity index (χ4n) is 3.15. The molecule has 0 radical (unpaired) electrons. The van der Waals surface area contributed by atoms with Crippen LogP contribution in [0.1, 0.15) is 41.3 Å². The van der Waals surface area contributed by atoms with Gasteiger partial charge in [0.1, 0.15) is 0 Å². The van der Waals surface area contributed by atoms with Crippen LogP contribution in [0, 0.1) is 11.7 Å². The Hall–Kier alpha value is -3.58. The van der Waals surface area contributed by atoms with Crippen molar-refractivity contribution in [2.45, 2.75) is 38.2 Å². The molecule has 1 aliphatic carbocycles. The van der Waals surface area contributed by atoms with Gasteiger partial charge in [-0.05, 0) is 43.9 Å². The zero-order chi connectivity index (χ0) is 26.0. The summed E-state index contributed by atoms with van der Waals surface area (Å²) in [7, 11) is 0. The van der Waals surface area contributed by atoms with E-state index in [9.17, 15) is 35.5 Å². The van der Waals surface area contributed by atoms with Crippen LogP contribution in [0.3, 0.4) is 0 Å². The standard InChI is InChI=1S/C21H19F7N6O/c1-11(17(32-10-29)33-19-30-7-16(22)8-31-19)34(9-12-2-3-12)18(35)13-4-14(20(23,24)25)6-15(5-13)21(26,27)28/h4-8,10-12H,2-3,9H2,1H3,(H2,29,30,31,32,33)/t11-/m0/s1. The molecule has 2 N–H and O–H groups in total. The Morgan fingerprint density at radius 2 is 1.66 bits per heavy atom. The Bertz CT molecular complexity index is 1090. The van der Waals surface area contributed by atoms with Crippen LogP contribution in [-0.4, -0.2) is 45.5 Å². The largest absolute Gasteiger partial charge is 0.416 e. The van der Waals surface area contributed by atoms with E-state index in [4.69, 9.17) is 5.73 Å². The van der Waals surface area contributed by atoms with Crippen molar-refractivity contribution < 1.29 is 35.5 Å². The number of amidine groups is 1. The maximum absolute atomic E-state index is 13.3. The van der Waals surface area contributed by atoms with Crippen LogP contribution in [0.4, 0.5) is 36.7 Å². The Balaban J connectivity index is 2.05. The number of benzene rings is 1. The predicted molar refractivity (Wildman–Crippen MR) is 111 cm³/mol. The summed E-state index contributed by atoms with van der Waals surface area (Å²) < 4.78 is 92.9. The van der Waals surface area contributed by atoms with E-state index >= 15 is 0 Å². The highest BCUT2D eigenvalue weighted by molar-refractivity contribution is 6.01. The second kappa shape index (κ2) is 9.96. The summed E-state index contributed by atoms with van der Waals surface area (Å²) in [6.07, 6.45) is -6.28. The lowest BCUT2D eigenvalue weighted by Gasteiger charge is -2.29. The van der Waals surface area contributed by atoms with Gasteiger partial charge in [-0.2, -0.15) is 31.3 Å². The summed E-state index contributed by atoms with van der Waals surface area (Å²) in [5, 5.41) is 0. The van der Waals surface area contributed by atoms with Crippen molar-refractivity contribution in [1.29, 1.82) is 0 Å². The van der Waals surface area contributed by atoms with E-state index in [1.165, 1.54) is 6.92 Å². The van der Waals surface area contributed by atoms with Gasteiger partial charge in [0.15, 0.2) is 11.7 Å². The molecule has 7 nitrogen and oxygen atoms in total. The van der Waals surface area contributed by atoms with Gasteiger partial charge in [0.05, 0.1) is 35.9 Å². The first kappa shape index (κ1) is 26.0. The van der Waals surface area contributed by atoms with E-state index in [1.807, 2.05) is 0 Å². The van der Waals surface area contributed by atoms with Crippen molar-refractivity contribution in [1.82, 2.24) is 14.9 Å². The molecule has 0 saturated heterocycles. The van der Waals surface area contributed by atoms with Crippen LogP contribution in [0.2, 0.25) is 0 Å². The van der Waals surface area contributed by atoms with E-state index in [1.54, 1.807) is 0 Å². The topological polar surface area (TPSA) is 96.8 Å². The highest BCUT2D eigenvalue weighted by atomic mass is 19.4. The third-order valence-electron chi connectivity index (χ3n) is 5.12. The van der Waals surface area contributed by atoms with Gasteiger partial charge in [0, 0.05) is 12.1 Å². The number of halogens is 7. The molecule has 1 aromatic carbocycles. The molecule has 1 saturated carbocycles. The molecule has 3 rings (SSSR count). The van der Waals surface area contributed by atoms with Gasteiger partial charge in [-0.3, -0.25) is 4.79 Å². The number of carbonyl (C=O) groups excluding carboxylic acids is 1. The first-order valence-corrected chi connectivity index (χ1v) is 10.2. The number of amides is 1. The van der Waals surface area contributed by atoms with Gasteiger partial charge in [-0.1, -0.05) is 0 Å². The van der Waals surface area contributed by atoms with Crippen LogP contribution in [-0.2, 0) is 12.4 Å². The number of alkyl halides is 6. The zero-order valence-electron chi connectivity index (χ0n) is 18.1. The first-order chi connectivity index (χ1) is 16.3. The predicted octanol–water partition coefficient (Wildman–Crippen LogP) is 4.61. The van der Waals surface area contributed by atoms with Crippen LogP contribution in [0.25, 0.3) is 0 Å². The molecule has 35 heavy (non-hydrogen) atoms. The molecular weight excluding hydrogens is 485 g/mol. The van der Waals surface area contributed by atoms with Crippen LogP contribution >= 0.6 is 0 Å². The summed E-state index contributed by atoms with van der Waals surface area (Å²) in [6.45, 7) is 1.45. The number of nitrogens with two attached hydrogens (primary N) is 1. The summed E-state index contributed by atoms with van der Waals surface area (Å²) in [5.74, 6) is -2.22. The molecule has 1 heterocycles. The number of hydrogen-bond donors (Lipinski definition) is 1. The molecule has 0 spiro atoms. The highest BCUT2D eigenvalue weighted by Gasteiger charge is 2.39. The van der Waals surface area contributed by atoms with Crippen molar-refractivity contribution in [3.8, 4) is 0 Å². The second-order valence-corrected chi connectivity index (χ2v) is 7.82. The van der Waals surface area contributed by atoms with Crippen LogP contribution in [0.5, 0.6) is 0 Å². The van der Waals surface area contributed by atoms with Gasteiger partial charge in [-0.15, -0.1) is 0 Å². The average molecular weight is 504 g/mol. The summed E-state index contributed by atoms with van der Waals surface area (Å²) in [4.78, 5) is 29.5. The maximum atomic E-state index is 13.3. The van der Waals surface area contributed by atoms with Gasteiger partial charge >= 0.3 is 12.4 Å². The fraction of sp³-hybridized carbons (Fsp3) is 0.381. The quantitative estimate of drug-likeness (QED) is 0.353. The van der Waals surface area contributed by atoms with E-state index in [0.29, 0.717) is 12.1 Å². The molecule has 0 aliphatic heterocycles. The Labute approximate surface area is 194 Å². The minimum atomic E-state index is -5.11. The minimum Gasteiger partial charge on any atom is -0.390 e. The lowest BCUT2D eigenvalue weighted by atomic mass is 10.0. The molecule has 2 aromatic rings. The Morgan fingerprint density at radius 1 is 1.11 bits per heavy atom. The Morgan fingerprint density at radius 3 is 2.11 bits per heavy atom. The summed E-state index contributed by atoms with van der Waals surface area (Å²) in [6, 6.07) is -0.365. The van der Waals surface area contributed by atoms with Crippen molar-refractivity contribution in [2.75, 3.05) is 6.54 Å².